The number of hydrogen-bond acceptors (Lipinski definition) is 4. The number of aryl methyl sites for hydroxylation is 1. The Morgan fingerprint density at radius 1 is 1.44 bits per heavy atom. The van der Waals surface area contributed by atoms with Crippen LogP contribution in [0.3, 0.4) is 0 Å². The molecule has 2 atom stereocenters. The minimum atomic E-state index is -0.873. The van der Waals surface area contributed by atoms with E-state index in [-0.39, 0.29) is 6.79 Å². The van der Waals surface area contributed by atoms with Gasteiger partial charge in [-0.3, -0.25) is 4.79 Å². The van der Waals surface area contributed by atoms with Gasteiger partial charge in [0.1, 0.15) is 0 Å². The molecule has 0 spiro atoms. The number of hydrogen-bond donors (Lipinski definition) is 2. The van der Waals surface area contributed by atoms with Crippen molar-refractivity contribution in [1.82, 2.24) is 0 Å². The molecule has 1 aliphatic heterocycles. The topological polar surface area (TPSA) is 81.8 Å². The molecule has 18 heavy (non-hydrogen) atoms. The summed E-state index contributed by atoms with van der Waals surface area (Å²) in [5.41, 5.74) is 7.79. The third-order valence-corrected chi connectivity index (χ3v) is 3.31. The smallest absolute Gasteiger partial charge is 0.308 e. The van der Waals surface area contributed by atoms with Crippen molar-refractivity contribution in [2.24, 2.45) is 11.7 Å². The van der Waals surface area contributed by atoms with E-state index in [1.165, 1.54) is 0 Å². The molecule has 0 amide bonds. The van der Waals surface area contributed by atoms with Crippen molar-refractivity contribution in [1.29, 1.82) is 0 Å². The number of nitrogens with two attached hydrogens (primary N) is 1. The van der Waals surface area contributed by atoms with Gasteiger partial charge in [-0.25, -0.2) is 0 Å². The number of carboxylic acids is 1. The van der Waals surface area contributed by atoms with Gasteiger partial charge in [0.05, 0.1) is 5.92 Å². The summed E-state index contributed by atoms with van der Waals surface area (Å²) in [5.74, 6) is -0.149. The van der Waals surface area contributed by atoms with Crippen molar-refractivity contribution in [3.63, 3.8) is 0 Å². The Labute approximate surface area is 106 Å². The van der Waals surface area contributed by atoms with Crippen LogP contribution in [0.2, 0.25) is 0 Å². The highest BCUT2D eigenvalue weighted by Crippen LogP contribution is 2.37. The minimum absolute atomic E-state index is 0.198. The molecule has 1 aromatic rings. The molecule has 0 saturated heterocycles. The lowest BCUT2D eigenvalue weighted by molar-refractivity contribution is -0.142. The highest BCUT2D eigenvalue weighted by Gasteiger charge is 2.27. The number of carboxylic acid groups (broad SMARTS) is 1. The van der Waals surface area contributed by atoms with Crippen molar-refractivity contribution in [2.75, 3.05) is 6.79 Å². The molecule has 1 aliphatic rings. The van der Waals surface area contributed by atoms with Crippen molar-refractivity contribution >= 4 is 5.97 Å². The van der Waals surface area contributed by atoms with Crippen LogP contribution in [-0.4, -0.2) is 17.9 Å². The van der Waals surface area contributed by atoms with Crippen LogP contribution < -0.4 is 15.2 Å². The molecular weight excluding hydrogens is 234 g/mol. The summed E-state index contributed by atoms with van der Waals surface area (Å²) in [5, 5.41) is 9.15. The fourth-order valence-electron chi connectivity index (χ4n) is 2.22. The maximum atomic E-state index is 11.2. The second-order valence-corrected chi connectivity index (χ2v) is 4.44. The van der Waals surface area contributed by atoms with Crippen molar-refractivity contribution in [3.05, 3.63) is 23.3 Å². The Morgan fingerprint density at radius 3 is 2.61 bits per heavy atom. The number of fused-ring (bicyclic) bond motifs is 1. The molecule has 0 aliphatic carbocycles. The summed E-state index contributed by atoms with van der Waals surface area (Å²) < 4.78 is 10.6. The van der Waals surface area contributed by atoms with Crippen molar-refractivity contribution < 1.29 is 19.4 Å². The van der Waals surface area contributed by atoms with E-state index in [9.17, 15) is 4.79 Å². The predicted octanol–water partition coefficient (Wildman–Crippen LogP) is 1.83. The van der Waals surface area contributed by atoms with Gasteiger partial charge in [0.15, 0.2) is 11.5 Å². The zero-order valence-electron chi connectivity index (χ0n) is 10.5. The van der Waals surface area contributed by atoms with Crippen LogP contribution in [0.1, 0.15) is 30.5 Å². The van der Waals surface area contributed by atoms with Crippen LogP contribution in [-0.2, 0) is 4.79 Å². The van der Waals surface area contributed by atoms with E-state index in [0.717, 1.165) is 11.1 Å². The quantitative estimate of drug-likeness (QED) is 0.853. The fourth-order valence-corrected chi connectivity index (χ4v) is 2.22. The average Bonchev–Trinajstić information content (AvgIpc) is 2.75. The van der Waals surface area contributed by atoms with Crippen LogP contribution in [0.4, 0.5) is 0 Å². The third kappa shape index (κ3) is 2.13. The second-order valence-electron chi connectivity index (χ2n) is 4.44. The zero-order chi connectivity index (χ0) is 13.3. The van der Waals surface area contributed by atoms with Gasteiger partial charge in [-0.15, -0.1) is 0 Å². The first-order chi connectivity index (χ1) is 8.54. The average molecular weight is 251 g/mol. The molecule has 1 heterocycles. The van der Waals surface area contributed by atoms with E-state index >= 15 is 0 Å². The number of aliphatic carboxylic acids is 1. The summed E-state index contributed by atoms with van der Waals surface area (Å²) in [6.07, 6.45) is 0.490. The van der Waals surface area contributed by atoms with Gasteiger partial charge in [-0.1, -0.05) is 6.92 Å². The molecule has 0 bridgehead atoms. The van der Waals surface area contributed by atoms with Gasteiger partial charge in [-0.05, 0) is 36.6 Å². The van der Waals surface area contributed by atoms with Gasteiger partial charge in [0, 0.05) is 6.04 Å². The van der Waals surface area contributed by atoms with Gasteiger partial charge in [0.2, 0.25) is 6.79 Å². The molecule has 5 heteroatoms. The van der Waals surface area contributed by atoms with Gasteiger partial charge >= 0.3 is 5.97 Å². The number of ether oxygens (including phenoxy) is 2. The van der Waals surface area contributed by atoms with E-state index in [1.54, 1.807) is 6.07 Å². The van der Waals surface area contributed by atoms with Crippen LogP contribution in [0.25, 0.3) is 0 Å². The Balaban J connectivity index is 2.35. The van der Waals surface area contributed by atoms with E-state index in [1.807, 2.05) is 19.9 Å². The molecule has 0 aromatic heterocycles. The van der Waals surface area contributed by atoms with Crippen molar-refractivity contribution in [3.8, 4) is 11.5 Å². The normalized spacial score (nSPS) is 16.4. The van der Waals surface area contributed by atoms with Gasteiger partial charge < -0.3 is 20.3 Å². The standard InChI is InChI=1S/C13H17NO4/c1-3-8(13(15)16)12(14)9-5-11-10(4-7(9)2)17-6-18-11/h4-5,8,12H,3,6,14H2,1-2H3,(H,15,16). The molecule has 2 rings (SSSR count). The Bertz CT molecular complexity index is 472. The van der Waals surface area contributed by atoms with Gasteiger partial charge in [-0.2, -0.15) is 0 Å². The number of rotatable bonds is 4. The lowest BCUT2D eigenvalue weighted by Gasteiger charge is -2.21. The lowest BCUT2D eigenvalue weighted by Crippen LogP contribution is -2.28. The molecule has 98 valence electrons. The van der Waals surface area contributed by atoms with Crippen LogP contribution in [0, 0.1) is 12.8 Å². The molecule has 2 unspecified atom stereocenters. The SMILES string of the molecule is CCC(C(=O)O)C(N)c1cc2c(cc1C)OCO2. The summed E-state index contributed by atoms with van der Waals surface area (Å²) in [6, 6.07) is 3.09. The largest absolute Gasteiger partial charge is 0.481 e. The molecule has 0 saturated carbocycles. The summed E-state index contributed by atoms with van der Waals surface area (Å²) in [6.45, 7) is 3.91. The molecular formula is C13H17NO4. The van der Waals surface area contributed by atoms with Gasteiger partial charge in [0.25, 0.3) is 0 Å². The summed E-state index contributed by atoms with van der Waals surface area (Å²) >= 11 is 0. The van der Waals surface area contributed by atoms with E-state index < -0.39 is 17.9 Å². The predicted molar refractivity (Wildman–Crippen MR) is 65.6 cm³/mol. The fraction of sp³-hybridized carbons (Fsp3) is 0.462. The Hall–Kier alpha value is -1.75. The Morgan fingerprint density at radius 2 is 2.06 bits per heavy atom. The van der Waals surface area contributed by atoms with Crippen LogP contribution in [0.5, 0.6) is 11.5 Å². The first-order valence-electron chi connectivity index (χ1n) is 5.93. The summed E-state index contributed by atoms with van der Waals surface area (Å²) in [4.78, 5) is 11.2. The van der Waals surface area contributed by atoms with E-state index in [0.29, 0.717) is 17.9 Å². The maximum absolute atomic E-state index is 11.2. The molecule has 5 nitrogen and oxygen atoms in total. The molecule has 0 fully saturated rings. The Kier molecular flexibility index (Phi) is 3.43. The summed E-state index contributed by atoms with van der Waals surface area (Å²) in [7, 11) is 0. The number of carbonyl (C=O) groups is 1. The highest BCUT2D eigenvalue weighted by atomic mass is 16.7. The lowest BCUT2D eigenvalue weighted by atomic mass is 9.89. The third-order valence-electron chi connectivity index (χ3n) is 3.31. The van der Waals surface area contributed by atoms with Crippen LogP contribution in [0.15, 0.2) is 12.1 Å². The van der Waals surface area contributed by atoms with E-state index in [2.05, 4.69) is 0 Å². The number of benzene rings is 1. The minimum Gasteiger partial charge on any atom is -0.481 e. The zero-order valence-corrected chi connectivity index (χ0v) is 10.5. The van der Waals surface area contributed by atoms with Crippen molar-refractivity contribution in [2.45, 2.75) is 26.3 Å². The second kappa shape index (κ2) is 4.86. The highest BCUT2D eigenvalue weighted by molar-refractivity contribution is 5.71. The molecule has 3 N–H and O–H groups in total. The molecule has 0 radical (unpaired) electrons. The maximum Gasteiger partial charge on any atom is 0.308 e. The molecule has 1 aromatic carbocycles. The van der Waals surface area contributed by atoms with Crippen LogP contribution >= 0.6 is 0 Å². The first-order valence-corrected chi connectivity index (χ1v) is 5.93. The monoisotopic (exact) mass is 251 g/mol. The van der Waals surface area contributed by atoms with E-state index in [4.69, 9.17) is 20.3 Å². The first kappa shape index (κ1) is 12.7.